The van der Waals surface area contributed by atoms with Crippen molar-refractivity contribution >= 4 is 11.8 Å². The predicted molar refractivity (Wildman–Crippen MR) is 109 cm³/mol. The average molecular weight is 401 g/mol. The van der Waals surface area contributed by atoms with Crippen molar-refractivity contribution in [1.29, 1.82) is 0 Å². The molecule has 2 amide bonds. The second kappa shape index (κ2) is 8.67. The number of aromatic nitrogens is 2. The number of hydrogen-bond acceptors (Lipinski definition) is 4. The topological polar surface area (TPSA) is 86.4 Å². The van der Waals surface area contributed by atoms with Gasteiger partial charge >= 0.3 is 0 Å². The lowest BCUT2D eigenvalue weighted by atomic mass is 9.86. The van der Waals surface area contributed by atoms with E-state index >= 15 is 0 Å². The van der Waals surface area contributed by atoms with Gasteiger partial charge in [0.15, 0.2) is 0 Å². The summed E-state index contributed by atoms with van der Waals surface area (Å²) in [5.41, 5.74) is 1.25. The second-order valence-corrected chi connectivity index (χ2v) is 8.75. The first kappa shape index (κ1) is 20.1. The molecule has 1 N–H and O–H groups in total. The van der Waals surface area contributed by atoms with Crippen molar-refractivity contribution in [3.05, 3.63) is 27.4 Å². The number of hydrogen-bond donors (Lipinski definition) is 1. The van der Waals surface area contributed by atoms with E-state index in [-0.39, 0.29) is 23.4 Å². The van der Waals surface area contributed by atoms with Crippen molar-refractivity contribution < 1.29 is 9.59 Å². The molecule has 0 radical (unpaired) electrons. The highest BCUT2D eigenvalue weighted by Crippen LogP contribution is 2.31. The van der Waals surface area contributed by atoms with Crippen LogP contribution in [0.25, 0.3) is 0 Å². The molecule has 1 aromatic rings. The molecule has 1 aliphatic carbocycles. The molecular weight excluding hydrogens is 368 g/mol. The van der Waals surface area contributed by atoms with Gasteiger partial charge in [-0.3, -0.25) is 14.4 Å². The van der Waals surface area contributed by atoms with Gasteiger partial charge in [0.1, 0.15) is 5.82 Å². The Hall–Kier alpha value is -2.18. The highest BCUT2D eigenvalue weighted by molar-refractivity contribution is 5.77. The normalized spacial score (nSPS) is 22.6. The molecule has 0 bridgehead atoms. The lowest BCUT2D eigenvalue weighted by Crippen LogP contribution is -2.41. The third kappa shape index (κ3) is 4.23. The van der Waals surface area contributed by atoms with Crippen LogP contribution >= 0.6 is 0 Å². The van der Waals surface area contributed by atoms with Gasteiger partial charge in [0.05, 0.1) is 23.8 Å². The minimum atomic E-state index is -0.157. The van der Waals surface area contributed by atoms with Gasteiger partial charge in [-0.05, 0) is 31.6 Å². The van der Waals surface area contributed by atoms with Crippen LogP contribution in [0, 0.1) is 5.92 Å². The van der Waals surface area contributed by atoms with Gasteiger partial charge < -0.3 is 14.8 Å². The molecule has 1 unspecified atom stereocenters. The van der Waals surface area contributed by atoms with Crippen LogP contribution in [-0.2, 0) is 22.6 Å². The van der Waals surface area contributed by atoms with Crippen LogP contribution in [-0.4, -0.2) is 44.7 Å². The smallest absolute Gasteiger partial charge is 0.256 e. The highest BCUT2D eigenvalue weighted by Gasteiger charge is 2.33. The maximum atomic E-state index is 12.8. The Morgan fingerprint density at radius 1 is 1.07 bits per heavy atom. The van der Waals surface area contributed by atoms with E-state index in [4.69, 9.17) is 4.98 Å². The second-order valence-electron chi connectivity index (χ2n) is 8.75. The van der Waals surface area contributed by atoms with E-state index in [9.17, 15) is 14.4 Å². The third-order valence-corrected chi connectivity index (χ3v) is 6.82. The number of carbonyl (C=O) groups is 2. The number of aromatic amines is 1. The maximum absolute atomic E-state index is 12.8. The fourth-order valence-electron chi connectivity index (χ4n) is 5.13. The molecule has 2 fully saturated rings. The summed E-state index contributed by atoms with van der Waals surface area (Å²) in [6.45, 7) is 3.56. The summed E-state index contributed by atoms with van der Waals surface area (Å²) in [7, 11) is 0. The summed E-state index contributed by atoms with van der Waals surface area (Å²) in [6.07, 6.45) is 9.48. The maximum Gasteiger partial charge on any atom is 0.256 e. The predicted octanol–water partition coefficient (Wildman–Crippen LogP) is 2.70. The Morgan fingerprint density at radius 3 is 2.62 bits per heavy atom. The standard InChI is InChI=1S/C22H32N4O3/c1-2-19(27)26-11-6-9-18(26)21-23-17-10-12-25(14-16(17)22(29)24-21)20(28)13-15-7-4-3-5-8-15/h15,18H,2-14H2,1H3,(H,23,24,29). The largest absolute Gasteiger partial charge is 0.338 e. The van der Waals surface area contributed by atoms with Gasteiger partial charge in [0.25, 0.3) is 5.56 Å². The lowest BCUT2D eigenvalue weighted by molar-refractivity contribution is -0.133. The summed E-state index contributed by atoms with van der Waals surface area (Å²) < 4.78 is 0. The van der Waals surface area contributed by atoms with Crippen molar-refractivity contribution in [2.45, 2.75) is 83.7 Å². The van der Waals surface area contributed by atoms with Crippen LogP contribution in [0.4, 0.5) is 0 Å². The van der Waals surface area contributed by atoms with E-state index in [2.05, 4.69) is 4.98 Å². The molecule has 29 heavy (non-hydrogen) atoms. The number of carbonyl (C=O) groups excluding carboxylic acids is 2. The number of likely N-dealkylation sites (tertiary alicyclic amines) is 1. The molecule has 1 saturated carbocycles. The van der Waals surface area contributed by atoms with E-state index in [1.807, 2.05) is 16.7 Å². The first-order valence-electron chi connectivity index (χ1n) is 11.3. The minimum Gasteiger partial charge on any atom is -0.338 e. The number of amides is 2. The van der Waals surface area contributed by atoms with Gasteiger partial charge in [-0.1, -0.05) is 26.2 Å². The lowest BCUT2D eigenvalue weighted by Gasteiger charge is -2.31. The van der Waals surface area contributed by atoms with E-state index < -0.39 is 0 Å². The Labute approximate surface area is 171 Å². The summed E-state index contributed by atoms with van der Waals surface area (Å²) in [5, 5.41) is 0. The van der Waals surface area contributed by atoms with E-state index in [1.165, 1.54) is 19.3 Å². The summed E-state index contributed by atoms with van der Waals surface area (Å²) in [5.74, 6) is 1.38. The van der Waals surface area contributed by atoms with Crippen molar-refractivity contribution in [3.63, 3.8) is 0 Å². The fraction of sp³-hybridized carbons (Fsp3) is 0.727. The molecule has 158 valence electrons. The molecule has 1 atom stereocenters. The zero-order valence-corrected chi connectivity index (χ0v) is 17.4. The van der Waals surface area contributed by atoms with Crippen molar-refractivity contribution in [1.82, 2.24) is 19.8 Å². The van der Waals surface area contributed by atoms with Gasteiger partial charge in [-0.15, -0.1) is 0 Å². The molecule has 3 heterocycles. The van der Waals surface area contributed by atoms with E-state index in [1.54, 1.807) is 0 Å². The van der Waals surface area contributed by atoms with Crippen LogP contribution in [0.1, 0.15) is 87.8 Å². The molecule has 2 aliphatic heterocycles. The molecule has 3 aliphatic rings. The van der Waals surface area contributed by atoms with Crippen LogP contribution < -0.4 is 5.56 Å². The Balaban J connectivity index is 1.48. The quantitative estimate of drug-likeness (QED) is 0.842. The molecule has 1 aromatic heterocycles. The fourth-order valence-corrected chi connectivity index (χ4v) is 5.13. The molecule has 7 nitrogen and oxygen atoms in total. The average Bonchev–Trinajstić information content (AvgIpc) is 3.23. The van der Waals surface area contributed by atoms with Crippen LogP contribution in [0.5, 0.6) is 0 Å². The molecule has 0 spiro atoms. The molecule has 7 heteroatoms. The van der Waals surface area contributed by atoms with E-state index in [0.717, 1.165) is 37.9 Å². The number of nitrogens with zero attached hydrogens (tertiary/aromatic N) is 3. The van der Waals surface area contributed by atoms with Gasteiger partial charge in [-0.25, -0.2) is 4.98 Å². The third-order valence-electron chi connectivity index (χ3n) is 6.82. The Kier molecular flexibility index (Phi) is 6.01. The number of fused-ring (bicyclic) bond motifs is 1. The number of nitrogens with one attached hydrogen (secondary N) is 1. The minimum absolute atomic E-state index is 0.104. The number of H-pyrrole nitrogens is 1. The molecule has 4 rings (SSSR count). The van der Waals surface area contributed by atoms with E-state index in [0.29, 0.717) is 49.7 Å². The monoisotopic (exact) mass is 400 g/mol. The van der Waals surface area contributed by atoms with Crippen LogP contribution in [0.3, 0.4) is 0 Å². The molecular formula is C22H32N4O3. The SMILES string of the molecule is CCC(=O)N1CCCC1c1nc2c(c(=O)[nH]1)CN(C(=O)CC1CCCCC1)CC2. The summed E-state index contributed by atoms with van der Waals surface area (Å²) in [4.78, 5) is 49.1. The first-order chi connectivity index (χ1) is 14.1. The summed E-state index contributed by atoms with van der Waals surface area (Å²) in [6, 6.07) is -0.133. The molecule has 0 aromatic carbocycles. The van der Waals surface area contributed by atoms with Gasteiger partial charge in [-0.2, -0.15) is 0 Å². The van der Waals surface area contributed by atoms with Crippen molar-refractivity contribution in [2.75, 3.05) is 13.1 Å². The van der Waals surface area contributed by atoms with Crippen LogP contribution in [0.15, 0.2) is 4.79 Å². The summed E-state index contributed by atoms with van der Waals surface area (Å²) >= 11 is 0. The van der Waals surface area contributed by atoms with Crippen LogP contribution in [0.2, 0.25) is 0 Å². The number of rotatable bonds is 4. The van der Waals surface area contributed by atoms with Crippen molar-refractivity contribution in [3.8, 4) is 0 Å². The highest BCUT2D eigenvalue weighted by atomic mass is 16.2. The zero-order chi connectivity index (χ0) is 20.4. The zero-order valence-electron chi connectivity index (χ0n) is 17.4. The van der Waals surface area contributed by atoms with Crippen molar-refractivity contribution in [2.24, 2.45) is 5.92 Å². The Morgan fingerprint density at radius 2 is 1.86 bits per heavy atom. The van der Waals surface area contributed by atoms with Gasteiger partial charge in [0, 0.05) is 32.4 Å². The molecule has 1 saturated heterocycles. The first-order valence-corrected chi connectivity index (χ1v) is 11.3. The Bertz CT molecular complexity index is 828. The van der Waals surface area contributed by atoms with Gasteiger partial charge in [0.2, 0.25) is 11.8 Å².